The van der Waals surface area contributed by atoms with Crippen molar-refractivity contribution in [1.82, 2.24) is 0 Å². The molecule has 0 aliphatic rings. The molecule has 0 spiro atoms. The minimum absolute atomic E-state index is 0.280. The highest BCUT2D eigenvalue weighted by Crippen LogP contribution is 2.21. The third-order valence-electron chi connectivity index (χ3n) is 2.16. The molecule has 1 nitrogen and oxygen atoms in total. The molecular weight excluding hydrogens is 247 g/mol. The Hall–Kier alpha value is -0.250. The number of rotatable bonds is 6. The fourth-order valence-corrected chi connectivity index (χ4v) is 2.47. The van der Waals surface area contributed by atoms with Crippen LogP contribution in [0.25, 0.3) is 0 Å². The number of thioether (sulfide) groups is 1. The molecular formula is C12H16ClFOS. The van der Waals surface area contributed by atoms with E-state index in [2.05, 4.69) is 6.92 Å². The van der Waals surface area contributed by atoms with Gasteiger partial charge >= 0.3 is 0 Å². The summed E-state index contributed by atoms with van der Waals surface area (Å²) in [5.74, 6) is 1.30. The number of aliphatic hydroxyl groups excluding tert-OH is 1. The van der Waals surface area contributed by atoms with Crippen LogP contribution in [0.1, 0.15) is 18.9 Å². The van der Waals surface area contributed by atoms with E-state index in [0.717, 1.165) is 12.2 Å². The molecule has 90 valence electrons. The quantitative estimate of drug-likeness (QED) is 0.792. The van der Waals surface area contributed by atoms with Gasteiger partial charge in [-0.25, -0.2) is 4.39 Å². The van der Waals surface area contributed by atoms with Crippen LogP contribution in [-0.2, 0) is 6.42 Å². The molecule has 4 heteroatoms. The highest BCUT2D eigenvalue weighted by atomic mass is 35.5. The van der Waals surface area contributed by atoms with Crippen molar-refractivity contribution in [3.05, 3.63) is 34.6 Å². The van der Waals surface area contributed by atoms with Crippen molar-refractivity contribution in [3.63, 3.8) is 0 Å². The number of hydrogen-bond donors (Lipinski definition) is 1. The first-order valence-corrected chi connectivity index (χ1v) is 6.87. The monoisotopic (exact) mass is 262 g/mol. The fraction of sp³-hybridized carbons (Fsp3) is 0.500. The Bertz CT molecular complexity index is 313. The Morgan fingerprint density at radius 3 is 2.88 bits per heavy atom. The van der Waals surface area contributed by atoms with Crippen molar-refractivity contribution in [3.8, 4) is 0 Å². The van der Waals surface area contributed by atoms with Crippen LogP contribution in [0.15, 0.2) is 18.2 Å². The van der Waals surface area contributed by atoms with Crippen molar-refractivity contribution in [2.75, 3.05) is 11.5 Å². The summed E-state index contributed by atoms with van der Waals surface area (Å²) < 4.78 is 13.4. The lowest BCUT2D eigenvalue weighted by Crippen LogP contribution is -2.15. The molecule has 1 N–H and O–H groups in total. The maximum atomic E-state index is 13.4. The number of benzene rings is 1. The van der Waals surface area contributed by atoms with E-state index in [1.807, 2.05) is 0 Å². The molecule has 0 saturated heterocycles. The maximum absolute atomic E-state index is 13.4. The second-order valence-electron chi connectivity index (χ2n) is 3.63. The molecule has 0 aromatic heterocycles. The van der Waals surface area contributed by atoms with Gasteiger partial charge in [0.1, 0.15) is 5.82 Å². The molecule has 0 radical (unpaired) electrons. The summed E-state index contributed by atoms with van der Waals surface area (Å²) >= 11 is 7.55. The van der Waals surface area contributed by atoms with Gasteiger partial charge in [0.05, 0.1) is 6.10 Å². The van der Waals surface area contributed by atoms with Crippen molar-refractivity contribution in [2.24, 2.45) is 0 Å². The van der Waals surface area contributed by atoms with Gasteiger partial charge in [-0.3, -0.25) is 0 Å². The third kappa shape index (κ3) is 4.32. The Morgan fingerprint density at radius 2 is 2.25 bits per heavy atom. The molecule has 0 heterocycles. The molecule has 1 aromatic rings. The fourth-order valence-electron chi connectivity index (χ4n) is 1.39. The van der Waals surface area contributed by atoms with Gasteiger partial charge in [0.25, 0.3) is 0 Å². The molecule has 0 fully saturated rings. The minimum atomic E-state index is -0.536. The summed E-state index contributed by atoms with van der Waals surface area (Å²) in [5, 5.41) is 10.1. The lowest BCUT2D eigenvalue weighted by Gasteiger charge is -2.11. The smallest absolute Gasteiger partial charge is 0.127 e. The molecule has 0 aliphatic carbocycles. The van der Waals surface area contributed by atoms with Crippen molar-refractivity contribution < 1.29 is 9.50 Å². The average molecular weight is 263 g/mol. The molecule has 0 saturated carbocycles. The van der Waals surface area contributed by atoms with Crippen molar-refractivity contribution in [1.29, 1.82) is 0 Å². The first-order chi connectivity index (χ1) is 7.65. The van der Waals surface area contributed by atoms with Crippen LogP contribution < -0.4 is 0 Å². The minimum Gasteiger partial charge on any atom is -0.392 e. The number of halogens is 2. The SMILES string of the molecule is CCCSCC(O)Cc1c(F)cccc1Cl. The normalized spacial score (nSPS) is 12.8. The second-order valence-corrected chi connectivity index (χ2v) is 5.19. The summed E-state index contributed by atoms with van der Waals surface area (Å²) in [6, 6.07) is 4.58. The Morgan fingerprint density at radius 1 is 1.50 bits per heavy atom. The van der Waals surface area contributed by atoms with Crippen LogP contribution in [-0.4, -0.2) is 22.7 Å². The van der Waals surface area contributed by atoms with E-state index in [9.17, 15) is 9.50 Å². The van der Waals surface area contributed by atoms with Gasteiger partial charge < -0.3 is 5.11 Å². The molecule has 0 aliphatic heterocycles. The van der Waals surface area contributed by atoms with Gasteiger partial charge in [0, 0.05) is 22.8 Å². The van der Waals surface area contributed by atoms with Gasteiger partial charge in [-0.05, 0) is 24.3 Å². The highest BCUT2D eigenvalue weighted by molar-refractivity contribution is 7.99. The van der Waals surface area contributed by atoms with Gasteiger partial charge in [-0.15, -0.1) is 0 Å². The Balaban J connectivity index is 2.52. The van der Waals surface area contributed by atoms with Crippen LogP contribution in [0, 0.1) is 5.82 Å². The highest BCUT2D eigenvalue weighted by Gasteiger charge is 2.12. The number of hydrogen-bond acceptors (Lipinski definition) is 2. The molecule has 0 bridgehead atoms. The van der Waals surface area contributed by atoms with E-state index in [-0.39, 0.29) is 12.2 Å². The van der Waals surface area contributed by atoms with Crippen LogP contribution in [0.3, 0.4) is 0 Å². The molecule has 16 heavy (non-hydrogen) atoms. The first-order valence-electron chi connectivity index (χ1n) is 5.33. The van der Waals surface area contributed by atoms with Crippen LogP contribution >= 0.6 is 23.4 Å². The van der Waals surface area contributed by atoms with E-state index in [0.29, 0.717) is 16.3 Å². The van der Waals surface area contributed by atoms with Gasteiger partial charge in [0.2, 0.25) is 0 Å². The summed E-state index contributed by atoms with van der Waals surface area (Å²) in [5.41, 5.74) is 0.411. The zero-order valence-electron chi connectivity index (χ0n) is 9.25. The maximum Gasteiger partial charge on any atom is 0.127 e. The van der Waals surface area contributed by atoms with E-state index in [1.54, 1.807) is 23.9 Å². The van der Waals surface area contributed by atoms with Gasteiger partial charge in [-0.1, -0.05) is 24.6 Å². The van der Waals surface area contributed by atoms with Crippen LogP contribution in [0.5, 0.6) is 0 Å². The standard InChI is InChI=1S/C12H16ClFOS/c1-2-6-16-8-9(15)7-10-11(13)4-3-5-12(10)14/h3-5,9,15H,2,6-8H2,1H3. The Labute approximate surface area is 105 Å². The van der Waals surface area contributed by atoms with Crippen LogP contribution in [0.4, 0.5) is 4.39 Å². The summed E-state index contributed by atoms with van der Waals surface area (Å²) in [6.45, 7) is 2.09. The molecule has 0 amide bonds. The molecule has 1 unspecified atom stereocenters. The van der Waals surface area contributed by atoms with Crippen molar-refractivity contribution in [2.45, 2.75) is 25.9 Å². The van der Waals surface area contributed by atoms with E-state index >= 15 is 0 Å². The Kier molecular flexibility index (Phi) is 6.17. The predicted octanol–water partition coefficient (Wildman–Crippen LogP) is 3.53. The summed E-state index contributed by atoms with van der Waals surface area (Å²) in [4.78, 5) is 0. The van der Waals surface area contributed by atoms with Crippen LogP contribution in [0.2, 0.25) is 5.02 Å². The predicted molar refractivity (Wildman–Crippen MR) is 68.7 cm³/mol. The molecule has 1 aromatic carbocycles. The van der Waals surface area contributed by atoms with E-state index < -0.39 is 6.10 Å². The third-order valence-corrected chi connectivity index (χ3v) is 3.83. The van der Waals surface area contributed by atoms with Crippen molar-refractivity contribution >= 4 is 23.4 Å². The van der Waals surface area contributed by atoms with E-state index in [4.69, 9.17) is 11.6 Å². The first kappa shape index (κ1) is 13.8. The lowest BCUT2D eigenvalue weighted by atomic mass is 10.1. The zero-order valence-corrected chi connectivity index (χ0v) is 10.8. The zero-order chi connectivity index (χ0) is 12.0. The average Bonchev–Trinajstić information content (AvgIpc) is 2.24. The largest absolute Gasteiger partial charge is 0.392 e. The van der Waals surface area contributed by atoms with Gasteiger partial charge in [-0.2, -0.15) is 11.8 Å². The molecule has 1 rings (SSSR count). The van der Waals surface area contributed by atoms with E-state index in [1.165, 1.54) is 6.07 Å². The lowest BCUT2D eigenvalue weighted by molar-refractivity contribution is 0.199. The molecule has 1 atom stereocenters. The second kappa shape index (κ2) is 7.15. The van der Waals surface area contributed by atoms with Gasteiger partial charge in [0.15, 0.2) is 0 Å². The summed E-state index contributed by atoms with van der Waals surface area (Å²) in [6.07, 6.45) is 0.825. The topological polar surface area (TPSA) is 20.2 Å². The summed E-state index contributed by atoms with van der Waals surface area (Å²) in [7, 11) is 0. The number of aliphatic hydroxyl groups is 1.